The maximum atomic E-state index is 13.0. The van der Waals surface area contributed by atoms with Gasteiger partial charge in [0.2, 0.25) is 11.7 Å². The SMILES string of the molecule is COc1ccc(NC(=O)c2oc3ccccc3c2NC(=O)CCCc2ccccc2)cc1. The second-order valence-electron chi connectivity index (χ2n) is 7.37. The Hall–Kier alpha value is -4.06. The number of fused-ring (bicyclic) bond motifs is 1. The van der Waals surface area contributed by atoms with Gasteiger partial charge in [0, 0.05) is 17.5 Å². The largest absolute Gasteiger partial charge is 0.497 e. The fourth-order valence-electron chi connectivity index (χ4n) is 3.49. The Morgan fingerprint density at radius 1 is 0.875 bits per heavy atom. The van der Waals surface area contributed by atoms with E-state index in [4.69, 9.17) is 9.15 Å². The van der Waals surface area contributed by atoms with Crippen molar-refractivity contribution in [2.75, 3.05) is 17.7 Å². The van der Waals surface area contributed by atoms with Crippen molar-refractivity contribution in [2.45, 2.75) is 19.3 Å². The number of carbonyl (C=O) groups excluding carboxylic acids is 2. The van der Waals surface area contributed by atoms with Gasteiger partial charge in [-0.15, -0.1) is 0 Å². The number of carbonyl (C=O) groups is 2. The van der Waals surface area contributed by atoms with Crippen LogP contribution in [0.4, 0.5) is 11.4 Å². The summed E-state index contributed by atoms with van der Waals surface area (Å²) >= 11 is 0. The normalized spacial score (nSPS) is 10.7. The van der Waals surface area contributed by atoms with Crippen molar-refractivity contribution in [1.82, 2.24) is 0 Å². The van der Waals surface area contributed by atoms with Crippen LogP contribution in [0, 0.1) is 0 Å². The van der Waals surface area contributed by atoms with Gasteiger partial charge < -0.3 is 19.8 Å². The molecule has 2 amide bonds. The van der Waals surface area contributed by atoms with Crippen LogP contribution in [-0.2, 0) is 11.2 Å². The van der Waals surface area contributed by atoms with Crippen molar-refractivity contribution in [3.8, 4) is 5.75 Å². The number of aryl methyl sites for hydroxylation is 1. The van der Waals surface area contributed by atoms with E-state index >= 15 is 0 Å². The maximum absolute atomic E-state index is 13.0. The Balaban J connectivity index is 1.49. The predicted molar refractivity (Wildman–Crippen MR) is 125 cm³/mol. The minimum atomic E-state index is -0.439. The molecule has 6 nitrogen and oxygen atoms in total. The minimum absolute atomic E-state index is 0.0680. The van der Waals surface area contributed by atoms with Crippen molar-refractivity contribution < 1.29 is 18.7 Å². The minimum Gasteiger partial charge on any atom is -0.497 e. The molecule has 0 saturated heterocycles. The Kier molecular flexibility index (Phi) is 6.51. The molecule has 0 spiro atoms. The summed E-state index contributed by atoms with van der Waals surface area (Å²) in [5, 5.41) is 6.38. The summed E-state index contributed by atoms with van der Waals surface area (Å²) in [5.41, 5.74) is 2.70. The summed E-state index contributed by atoms with van der Waals surface area (Å²) in [6.45, 7) is 0. The maximum Gasteiger partial charge on any atom is 0.293 e. The van der Waals surface area contributed by atoms with Crippen LogP contribution in [0.25, 0.3) is 11.0 Å². The van der Waals surface area contributed by atoms with E-state index < -0.39 is 5.91 Å². The molecule has 1 aromatic heterocycles. The van der Waals surface area contributed by atoms with Crippen molar-refractivity contribution >= 4 is 34.2 Å². The number of furan rings is 1. The van der Waals surface area contributed by atoms with E-state index in [1.165, 1.54) is 5.56 Å². The molecule has 6 heteroatoms. The van der Waals surface area contributed by atoms with Crippen LogP contribution in [0.2, 0.25) is 0 Å². The number of methoxy groups -OCH3 is 1. The topological polar surface area (TPSA) is 80.6 Å². The first kappa shape index (κ1) is 21.2. The highest BCUT2D eigenvalue weighted by Crippen LogP contribution is 2.32. The van der Waals surface area contributed by atoms with E-state index in [1.54, 1.807) is 37.4 Å². The monoisotopic (exact) mass is 428 g/mol. The standard InChI is InChI=1S/C26H24N2O4/c1-31-20-16-14-19(15-17-20)27-26(30)25-24(21-11-5-6-12-22(21)32-25)28-23(29)13-7-10-18-8-3-2-4-9-18/h2-6,8-9,11-12,14-17H,7,10,13H2,1H3,(H,27,30)(H,28,29). The molecule has 0 radical (unpaired) electrons. The molecule has 32 heavy (non-hydrogen) atoms. The summed E-state index contributed by atoms with van der Waals surface area (Å²) in [4.78, 5) is 25.6. The van der Waals surface area contributed by atoms with Gasteiger partial charge in [-0.1, -0.05) is 42.5 Å². The van der Waals surface area contributed by atoms with Gasteiger partial charge >= 0.3 is 0 Å². The lowest BCUT2D eigenvalue weighted by atomic mass is 10.1. The van der Waals surface area contributed by atoms with Crippen LogP contribution in [0.15, 0.2) is 83.3 Å². The summed E-state index contributed by atoms with van der Waals surface area (Å²) in [7, 11) is 1.58. The van der Waals surface area contributed by atoms with Crippen molar-refractivity contribution in [3.63, 3.8) is 0 Å². The Morgan fingerprint density at radius 3 is 2.34 bits per heavy atom. The number of amides is 2. The third kappa shape index (κ3) is 4.98. The number of benzene rings is 3. The quantitative estimate of drug-likeness (QED) is 0.380. The second-order valence-corrected chi connectivity index (χ2v) is 7.37. The van der Waals surface area contributed by atoms with Crippen LogP contribution in [-0.4, -0.2) is 18.9 Å². The number of anilines is 2. The molecule has 4 rings (SSSR count). The molecule has 1 heterocycles. The van der Waals surface area contributed by atoms with E-state index in [2.05, 4.69) is 10.6 Å². The van der Waals surface area contributed by atoms with E-state index in [-0.39, 0.29) is 11.7 Å². The smallest absolute Gasteiger partial charge is 0.293 e. The summed E-state index contributed by atoms with van der Waals surface area (Å²) in [5.74, 6) is 0.158. The molecule has 2 N–H and O–H groups in total. The molecule has 3 aromatic carbocycles. The predicted octanol–water partition coefficient (Wildman–Crippen LogP) is 5.66. The number of nitrogens with one attached hydrogen (secondary N) is 2. The summed E-state index contributed by atoms with van der Waals surface area (Å²) < 4.78 is 10.9. The number of rotatable bonds is 8. The Morgan fingerprint density at radius 2 is 1.59 bits per heavy atom. The van der Waals surface area contributed by atoms with Gasteiger partial charge in [-0.05, 0) is 54.8 Å². The van der Waals surface area contributed by atoms with Crippen molar-refractivity contribution in [3.05, 3.63) is 90.2 Å². The van der Waals surface area contributed by atoms with E-state index in [0.717, 1.165) is 6.42 Å². The molecule has 0 unspecified atom stereocenters. The molecule has 0 aliphatic carbocycles. The fraction of sp³-hybridized carbons (Fsp3) is 0.154. The van der Waals surface area contributed by atoms with Crippen LogP contribution < -0.4 is 15.4 Å². The van der Waals surface area contributed by atoms with Crippen LogP contribution in [0.1, 0.15) is 29.0 Å². The molecular formula is C26H24N2O4. The summed E-state index contributed by atoms with van der Waals surface area (Å²) in [6, 6.07) is 24.3. The fourth-order valence-corrected chi connectivity index (χ4v) is 3.49. The average Bonchev–Trinajstić information content (AvgIpc) is 3.19. The van der Waals surface area contributed by atoms with Gasteiger partial charge in [-0.25, -0.2) is 0 Å². The van der Waals surface area contributed by atoms with Gasteiger partial charge in [0.25, 0.3) is 5.91 Å². The van der Waals surface area contributed by atoms with Crippen LogP contribution >= 0.6 is 0 Å². The summed E-state index contributed by atoms with van der Waals surface area (Å²) in [6.07, 6.45) is 1.86. The zero-order valence-corrected chi connectivity index (χ0v) is 17.8. The Bertz CT molecular complexity index is 1210. The second kappa shape index (κ2) is 9.83. The average molecular weight is 428 g/mol. The van der Waals surface area contributed by atoms with Gasteiger partial charge in [0.1, 0.15) is 17.0 Å². The highest BCUT2D eigenvalue weighted by molar-refractivity contribution is 6.14. The number of hydrogen-bond donors (Lipinski definition) is 2. The zero-order valence-electron chi connectivity index (χ0n) is 17.8. The molecule has 0 aliphatic rings. The van der Waals surface area contributed by atoms with Gasteiger partial charge in [0.05, 0.1) is 7.11 Å². The lowest BCUT2D eigenvalue weighted by Crippen LogP contribution is -2.17. The molecule has 0 bridgehead atoms. The third-order valence-corrected chi connectivity index (χ3v) is 5.13. The number of ether oxygens (including phenoxy) is 1. The van der Waals surface area contributed by atoms with Crippen molar-refractivity contribution in [2.24, 2.45) is 0 Å². The lowest BCUT2D eigenvalue weighted by Gasteiger charge is -2.08. The van der Waals surface area contributed by atoms with Crippen molar-refractivity contribution in [1.29, 1.82) is 0 Å². The molecule has 4 aromatic rings. The Labute approximate surface area is 186 Å². The van der Waals surface area contributed by atoms with E-state index in [0.29, 0.717) is 40.9 Å². The molecule has 0 saturated carbocycles. The highest BCUT2D eigenvalue weighted by Gasteiger charge is 2.22. The van der Waals surface area contributed by atoms with Crippen LogP contribution in [0.5, 0.6) is 5.75 Å². The first-order valence-electron chi connectivity index (χ1n) is 10.4. The van der Waals surface area contributed by atoms with Gasteiger partial charge in [-0.3, -0.25) is 9.59 Å². The molecule has 0 fully saturated rings. The van der Waals surface area contributed by atoms with Gasteiger partial charge in [0.15, 0.2) is 0 Å². The number of hydrogen-bond acceptors (Lipinski definition) is 4. The van der Waals surface area contributed by atoms with E-state index in [9.17, 15) is 9.59 Å². The number of para-hydroxylation sites is 1. The lowest BCUT2D eigenvalue weighted by molar-refractivity contribution is -0.116. The van der Waals surface area contributed by atoms with Crippen LogP contribution in [0.3, 0.4) is 0 Å². The first-order chi connectivity index (χ1) is 15.6. The first-order valence-corrected chi connectivity index (χ1v) is 10.4. The molecule has 0 aliphatic heterocycles. The highest BCUT2D eigenvalue weighted by atomic mass is 16.5. The van der Waals surface area contributed by atoms with E-state index in [1.807, 2.05) is 48.5 Å². The molecule has 0 atom stereocenters. The molecule has 162 valence electrons. The zero-order chi connectivity index (χ0) is 22.3. The van der Waals surface area contributed by atoms with Gasteiger partial charge in [-0.2, -0.15) is 0 Å². The molecular weight excluding hydrogens is 404 g/mol. The third-order valence-electron chi connectivity index (χ3n) is 5.13.